The molecule has 9 heteroatoms. The molecule has 3 rings (SSSR count). The van der Waals surface area contributed by atoms with E-state index in [0.717, 1.165) is 0 Å². The first-order valence-electron chi connectivity index (χ1n) is 8.91. The van der Waals surface area contributed by atoms with Crippen molar-refractivity contribution in [1.82, 2.24) is 3.71 Å². The zero-order valence-electron chi connectivity index (χ0n) is 15.7. The summed E-state index contributed by atoms with van der Waals surface area (Å²) in [4.78, 5) is 11.5. The molecule has 0 radical (unpaired) electrons. The lowest BCUT2D eigenvalue weighted by Gasteiger charge is -2.27. The average Bonchev–Trinajstić information content (AvgIpc) is 2.75. The molecule has 0 unspecified atom stereocenters. The fourth-order valence-corrected chi connectivity index (χ4v) is 6.91. The van der Waals surface area contributed by atoms with E-state index >= 15 is 0 Å². The van der Waals surface area contributed by atoms with E-state index in [-0.39, 0.29) is 19.9 Å². The summed E-state index contributed by atoms with van der Waals surface area (Å²) in [6.45, 7) is 0. The predicted octanol–water partition coefficient (Wildman–Crippen LogP) is 2.76. The van der Waals surface area contributed by atoms with Gasteiger partial charge in [0.1, 0.15) is 6.04 Å². The average molecular weight is 446 g/mol. The topological polar surface area (TPSA) is 109 Å². The van der Waals surface area contributed by atoms with Gasteiger partial charge < -0.3 is 5.11 Å². The maximum Gasteiger partial charge on any atom is 0.323 e. The maximum atomic E-state index is 13.4. The van der Waals surface area contributed by atoms with Gasteiger partial charge in [-0.15, -0.1) is 0 Å². The number of carboxylic acid groups (broad SMARTS) is 1. The molecular weight excluding hydrogens is 426 g/mol. The molecule has 0 bridgehead atoms. The minimum Gasteiger partial charge on any atom is -0.480 e. The highest BCUT2D eigenvalue weighted by atomic mass is 32.3. The van der Waals surface area contributed by atoms with Gasteiger partial charge in [-0.3, -0.25) is 4.79 Å². The van der Waals surface area contributed by atoms with Gasteiger partial charge in [0.15, 0.2) is 0 Å². The van der Waals surface area contributed by atoms with Crippen LogP contribution in [0, 0.1) is 0 Å². The van der Waals surface area contributed by atoms with E-state index in [0.29, 0.717) is 5.56 Å². The standard InChI is InChI=1S/C21H19NO6S2/c23-21(24)20(16-17-10-4-1-5-11-17)22(29(25,26)18-12-6-2-7-13-18)30(27,28)19-14-8-3-9-15-19/h1-15,20H,16H2,(H,23,24)/t20-/m1/s1. The summed E-state index contributed by atoms with van der Waals surface area (Å²) in [6.07, 6.45) is -0.325. The van der Waals surface area contributed by atoms with E-state index in [9.17, 15) is 26.7 Å². The predicted molar refractivity (Wildman–Crippen MR) is 111 cm³/mol. The van der Waals surface area contributed by atoms with Crippen molar-refractivity contribution in [3.63, 3.8) is 0 Å². The van der Waals surface area contributed by atoms with Gasteiger partial charge >= 0.3 is 5.97 Å². The lowest BCUT2D eigenvalue weighted by molar-refractivity contribution is -0.140. The number of carboxylic acids is 1. The molecule has 3 aromatic carbocycles. The third kappa shape index (κ3) is 4.43. The van der Waals surface area contributed by atoms with Crippen molar-refractivity contribution in [3.05, 3.63) is 96.6 Å². The van der Waals surface area contributed by atoms with Crippen LogP contribution in [0.2, 0.25) is 0 Å². The van der Waals surface area contributed by atoms with Gasteiger partial charge in [0, 0.05) is 6.42 Å². The molecule has 0 aliphatic heterocycles. The highest BCUT2D eigenvalue weighted by Gasteiger charge is 2.45. The van der Waals surface area contributed by atoms with Gasteiger partial charge in [-0.05, 0) is 29.8 Å². The molecule has 1 atom stereocenters. The van der Waals surface area contributed by atoms with E-state index in [4.69, 9.17) is 0 Å². The molecule has 0 fully saturated rings. The normalized spacial score (nSPS) is 13.1. The summed E-state index contributed by atoms with van der Waals surface area (Å²) < 4.78 is 53.6. The van der Waals surface area contributed by atoms with Gasteiger partial charge in [-0.25, -0.2) is 16.8 Å². The second-order valence-corrected chi connectivity index (χ2v) is 10.3. The number of hydrogen-bond acceptors (Lipinski definition) is 5. The summed E-state index contributed by atoms with van der Waals surface area (Å²) in [5, 5.41) is 9.85. The number of benzene rings is 3. The molecule has 7 nitrogen and oxygen atoms in total. The Balaban J connectivity index is 2.22. The fraction of sp³-hybridized carbons (Fsp3) is 0.0952. The minimum absolute atomic E-state index is 0.111. The Hall–Kier alpha value is -3.01. The van der Waals surface area contributed by atoms with E-state index in [1.165, 1.54) is 48.5 Å². The Morgan fingerprint density at radius 1 is 0.700 bits per heavy atom. The Bertz CT molecular complexity index is 1140. The molecule has 0 saturated carbocycles. The highest BCUT2D eigenvalue weighted by Crippen LogP contribution is 2.28. The Kier molecular flexibility index (Phi) is 6.35. The summed E-state index contributed by atoms with van der Waals surface area (Å²) in [7, 11) is -9.41. The van der Waals surface area contributed by atoms with Crippen LogP contribution in [0.5, 0.6) is 0 Å². The van der Waals surface area contributed by atoms with Crippen LogP contribution in [0.25, 0.3) is 0 Å². The summed E-state index contributed by atoms with van der Waals surface area (Å²) in [5.41, 5.74) is 0.487. The zero-order valence-corrected chi connectivity index (χ0v) is 17.3. The fourth-order valence-electron chi connectivity index (χ4n) is 2.95. The zero-order chi connectivity index (χ0) is 21.8. The lowest BCUT2D eigenvalue weighted by atomic mass is 10.1. The van der Waals surface area contributed by atoms with Crippen molar-refractivity contribution in [1.29, 1.82) is 0 Å². The SMILES string of the molecule is O=C(O)[C@@H](Cc1ccccc1)N(S(=O)(=O)c1ccccc1)S(=O)(=O)c1ccccc1. The van der Waals surface area contributed by atoms with Gasteiger partial charge in [0.05, 0.1) is 9.79 Å². The van der Waals surface area contributed by atoms with E-state index in [1.54, 1.807) is 42.5 Å². The van der Waals surface area contributed by atoms with Crippen molar-refractivity contribution in [3.8, 4) is 0 Å². The number of sulfonamides is 2. The second kappa shape index (κ2) is 8.78. The van der Waals surface area contributed by atoms with Crippen LogP contribution in [0.3, 0.4) is 0 Å². The first-order valence-corrected chi connectivity index (χ1v) is 11.8. The minimum atomic E-state index is -4.71. The first kappa shape index (κ1) is 21.7. The van der Waals surface area contributed by atoms with Gasteiger partial charge in [-0.2, -0.15) is 0 Å². The van der Waals surface area contributed by atoms with Crippen LogP contribution in [0.15, 0.2) is 101 Å². The summed E-state index contributed by atoms with van der Waals surface area (Å²) in [5.74, 6) is -1.57. The summed E-state index contributed by atoms with van der Waals surface area (Å²) in [6, 6.07) is 20.2. The molecule has 0 heterocycles. The molecular formula is C21H19NO6S2. The molecule has 1 N–H and O–H groups in total. The maximum absolute atomic E-state index is 13.4. The Labute approximate surface area is 175 Å². The number of aliphatic carboxylic acids is 1. The smallest absolute Gasteiger partial charge is 0.323 e. The van der Waals surface area contributed by atoms with Crippen LogP contribution >= 0.6 is 0 Å². The number of hydrogen-bond donors (Lipinski definition) is 1. The van der Waals surface area contributed by atoms with Crippen molar-refractivity contribution in [2.75, 3.05) is 0 Å². The molecule has 0 aliphatic rings. The second-order valence-electron chi connectivity index (χ2n) is 6.41. The number of rotatable bonds is 8. The van der Waals surface area contributed by atoms with Crippen molar-refractivity contribution in [2.24, 2.45) is 0 Å². The van der Waals surface area contributed by atoms with E-state index in [2.05, 4.69) is 0 Å². The highest BCUT2D eigenvalue weighted by molar-refractivity contribution is 8.04. The van der Waals surface area contributed by atoms with E-state index < -0.39 is 32.1 Å². The van der Waals surface area contributed by atoms with Crippen molar-refractivity contribution in [2.45, 2.75) is 22.3 Å². The Morgan fingerprint density at radius 2 is 1.07 bits per heavy atom. The third-order valence-corrected chi connectivity index (χ3v) is 8.74. The van der Waals surface area contributed by atoms with Crippen molar-refractivity contribution < 1.29 is 26.7 Å². The Morgan fingerprint density at radius 3 is 1.43 bits per heavy atom. The van der Waals surface area contributed by atoms with Gasteiger partial charge in [0.2, 0.25) is 0 Å². The third-order valence-electron chi connectivity index (χ3n) is 4.37. The van der Waals surface area contributed by atoms with Crippen LogP contribution < -0.4 is 0 Å². The van der Waals surface area contributed by atoms with Gasteiger partial charge in [0.25, 0.3) is 20.0 Å². The van der Waals surface area contributed by atoms with Crippen LogP contribution in [-0.2, 0) is 31.3 Å². The quantitative estimate of drug-likeness (QED) is 0.571. The molecule has 156 valence electrons. The van der Waals surface area contributed by atoms with Crippen LogP contribution in [0.4, 0.5) is 0 Å². The summed E-state index contributed by atoms with van der Waals surface area (Å²) >= 11 is 0. The molecule has 0 spiro atoms. The monoisotopic (exact) mass is 445 g/mol. The first-order chi connectivity index (χ1) is 14.2. The number of nitrogens with zero attached hydrogens (tertiary/aromatic N) is 1. The van der Waals surface area contributed by atoms with Gasteiger partial charge in [-0.1, -0.05) is 70.4 Å². The largest absolute Gasteiger partial charge is 0.480 e. The molecule has 0 aliphatic carbocycles. The molecule has 0 aromatic heterocycles. The number of carbonyl (C=O) groups is 1. The molecule has 0 saturated heterocycles. The van der Waals surface area contributed by atoms with E-state index in [1.807, 2.05) is 0 Å². The molecule has 30 heavy (non-hydrogen) atoms. The van der Waals surface area contributed by atoms with Crippen molar-refractivity contribution >= 4 is 26.0 Å². The molecule has 0 amide bonds. The van der Waals surface area contributed by atoms with Crippen LogP contribution in [0.1, 0.15) is 5.56 Å². The molecule has 3 aromatic rings. The van der Waals surface area contributed by atoms with Crippen LogP contribution in [-0.4, -0.2) is 37.7 Å². The lowest BCUT2D eigenvalue weighted by Crippen LogP contribution is -2.49.